The molecule has 6 nitrogen and oxygen atoms in total. The van der Waals surface area contributed by atoms with Crippen LogP contribution in [0.4, 0.5) is 0 Å². The van der Waals surface area contributed by atoms with Crippen LogP contribution in [0.5, 0.6) is 0 Å². The van der Waals surface area contributed by atoms with Crippen LogP contribution in [-0.4, -0.2) is 23.8 Å². The molecule has 114 valence electrons. The summed E-state index contributed by atoms with van der Waals surface area (Å²) in [6.45, 7) is 4.91. The Balaban J connectivity index is 2.62. The van der Waals surface area contributed by atoms with E-state index in [1.54, 1.807) is 32.0 Å². The summed E-state index contributed by atoms with van der Waals surface area (Å²) in [7, 11) is 0. The molecule has 1 aromatic rings. The highest BCUT2D eigenvalue weighted by Crippen LogP contribution is 2.10. The lowest BCUT2D eigenvalue weighted by Gasteiger charge is -2.21. The lowest BCUT2D eigenvalue weighted by Crippen LogP contribution is -2.54. The lowest BCUT2D eigenvalue weighted by atomic mass is 10.0. The molecule has 1 atom stereocenters. The number of carbonyl (C=O) groups excluding carboxylic acids is 3. The number of halogens is 1. The summed E-state index contributed by atoms with van der Waals surface area (Å²) in [4.78, 5) is 34.9. The monoisotopic (exact) mass is 311 g/mol. The van der Waals surface area contributed by atoms with E-state index in [2.05, 4.69) is 16.2 Å². The molecule has 1 rings (SSSR count). The number of hydrogen-bond acceptors (Lipinski definition) is 3. The molecule has 0 saturated carbocycles. The van der Waals surface area contributed by atoms with Gasteiger partial charge in [-0.05, 0) is 24.1 Å². The van der Waals surface area contributed by atoms with Gasteiger partial charge in [-0.2, -0.15) is 0 Å². The molecule has 0 aliphatic heterocycles. The van der Waals surface area contributed by atoms with E-state index in [1.807, 2.05) is 0 Å². The fraction of sp³-hybridized carbons (Fsp3) is 0.357. The molecule has 0 aromatic heterocycles. The predicted octanol–water partition coefficient (Wildman–Crippen LogP) is 1.26. The van der Waals surface area contributed by atoms with Crippen molar-refractivity contribution in [2.24, 2.45) is 5.92 Å². The second kappa shape index (κ2) is 7.64. The Hall–Kier alpha value is -2.08. The van der Waals surface area contributed by atoms with E-state index >= 15 is 0 Å². The maximum Gasteiger partial charge on any atom is 0.269 e. The molecular formula is C14H18ClN3O3. The van der Waals surface area contributed by atoms with E-state index in [9.17, 15) is 14.4 Å². The molecular weight excluding hydrogens is 294 g/mol. The molecule has 0 heterocycles. The molecule has 1 aromatic carbocycles. The second-order valence-corrected chi connectivity index (χ2v) is 5.31. The molecule has 0 aliphatic carbocycles. The van der Waals surface area contributed by atoms with Gasteiger partial charge in [-0.3, -0.25) is 25.2 Å². The van der Waals surface area contributed by atoms with Crippen molar-refractivity contribution < 1.29 is 14.4 Å². The summed E-state index contributed by atoms with van der Waals surface area (Å²) in [5, 5.41) is 2.95. The van der Waals surface area contributed by atoms with Crippen LogP contribution in [0, 0.1) is 5.92 Å². The first-order valence-electron chi connectivity index (χ1n) is 6.44. The summed E-state index contributed by atoms with van der Waals surface area (Å²) in [5.74, 6) is -1.41. The van der Waals surface area contributed by atoms with Gasteiger partial charge in [0.15, 0.2) is 0 Å². The van der Waals surface area contributed by atoms with Gasteiger partial charge in [0, 0.05) is 17.5 Å². The summed E-state index contributed by atoms with van der Waals surface area (Å²) < 4.78 is 0. The van der Waals surface area contributed by atoms with Crippen LogP contribution in [0.15, 0.2) is 24.3 Å². The minimum Gasteiger partial charge on any atom is -0.344 e. The van der Waals surface area contributed by atoms with E-state index < -0.39 is 17.9 Å². The van der Waals surface area contributed by atoms with Crippen molar-refractivity contribution in [3.63, 3.8) is 0 Å². The Kier molecular flexibility index (Phi) is 6.17. The summed E-state index contributed by atoms with van der Waals surface area (Å²) in [6, 6.07) is 5.61. The Bertz CT molecular complexity index is 546. The molecule has 7 heteroatoms. The molecule has 3 amide bonds. The van der Waals surface area contributed by atoms with Gasteiger partial charge in [-0.15, -0.1) is 0 Å². The third-order valence-corrected chi connectivity index (χ3v) is 2.93. The van der Waals surface area contributed by atoms with Crippen LogP contribution >= 0.6 is 11.6 Å². The first kappa shape index (κ1) is 17.0. The fourth-order valence-electron chi connectivity index (χ4n) is 1.65. The van der Waals surface area contributed by atoms with Gasteiger partial charge in [-0.25, -0.2) is 0 Å². The molecule has 3 N–H and O–H groups in total. The van der Waals surface area contributed by atoms with E-state index in [1.165, 1.54) is 13.0 Å². The average Bonchev–Trinajstić information content (AvgIpc) is 2.41. The van der Waals surface area contributed by atoms with Gasteiger partial charge in [0.05, 0.1) is 0 Å². The van der Waals surface area contributed by atoms with Crippen molar-refractivity contribution in [2.75, 3.05) is 0 Å². The fourth-order valence-corrected chi connectivity index (χ4v) is 1.84. The number of hydrazine groups is 1. The number of hydrogen-bond donors (Lipinski definition) is 3. The molecule has 0 radical (unpaired) electrons. The van der Waals surface area contributed by atoms with Crippen molar-refractivity contribution >= 4 is 29.3 Å². The number of carbonyl (C=O) groups is 3. The van der Waals surface area contributed by atoms with Crippen LogP contribution < -0.4 is 16.2 Å². The summed E-state index contributed by atoms with van der Waals surface area (Å²) >= 11 is 5.79. The Morgan fingerprint density at radius 2 is 1.81 bits per heavy atom. The van der Waals surface area contributed by atoms with E-state index in [0.717, 1.165) is 0 Å². The molecule has 0 aliphatic rings. The van der Waals surface area contributed by atoms with Crippen molar-refractivity contribution in [1.29, 1.82) is 0 Å². The minimum absolute atomic E-state index is 0.114. The zero-order valence-corrected chi connectivity index (χ0v) is 12.8. The first-order chi connectivity index (χ1) is 9.81. The van der Waals surface area contributed by atoms with Gasteiger partial charge in [0.2, 0.25) is 5.91 Å². The highest BCUT2D eigenvalue weighted by atomic mass is 35.5. The van der Waals surface area contributed by atoms with Crippen LogP contribution in [0.25, 0.3) is 0 Å². The lowest BCUT2D eigenvalue weighted by molar-refractivity contribution is -0.129. The zero-order chi connectivity index (χ0) is 16.0. The van der Waals surface area contributed by atoms with Gasteiger partial charge in [-0.1, -0.05) is 31.5 Å². The van der Waals surface area contributed by atoms with E-state index in [4.69, 9.17) is 11.6 Å². The topological polar surface area (TPSA) is 87.3 Å². The second-order valence-electron chi connectivity index (χ2n) is 4.88. The van der Waals surface area contributed by atoms with Gasteiger partial charge in [0.25, 0.3) is 11.8 Å². The van der Waals surface area contributed by atoms with Crippen LogP contribution in [0.3, 0.4) is 0 Å². The van der Waals surface area contributed by atoms with Crippen molar-refractivity contribution in [3.8, 4) is 0 Å². The number of rotatable bonds is 4. The first-order valence-corrected chi connectivity index (χ1v) is 6.82. The highest BCUT2D eigenvalue weighted by Gasteiger charge is 2.23. The maximum atomic E-state index is 12.0. The average molecular weight is 312 g/mol. The van der Waals surface area contributed by atoms with Crippen molar-refractivity contribution in [3.05, 3.63) is 34.9 Å². The minimum atomic E-state index is -0.720. The molecule has 0 unspecified atom stereocenters. The number of benzene rings is 1. The van der Waals surface area contributed by atoms with Gasteiger partial charge < -0.3 is 5.32 Å². The van der Waals surface area contributed by atoms with Crippen molar-refractivity contribution in [1.82, 2.24) is 16.2 Å². The SMILES string of the molecule is CC(=O)N[C@H](C(=O)NNC(=O)c1cccc(Cl)c1)C(C)C. The van der Waals surface area contributed by atoms with Crippen LogP contribution in [0.1, 0.15) is 31.1 Å². The summed E-state index contributed by atoms with van der Waals surface area (Å²) in [5.41, 5.74) is 4.90. The number of nitrogens with one attached hydrogen (secondary N) is 3. The highest BCUT2D eigenvalue weighted by molar-refractivity contribution is 6.30. The normalized spacial score (nSPS) is 11.7. The third kappa shape index (κ3) is 5.43. The van der Waals surface area contributed by atoms with Gasteiger partial charge >= 0.3 is 0 Å². The molecule has 0 fully saturated rings. The molecule has 0 bridgehead atoms. The largest absolute Gasteiger partial charge is 0.344 e. The molecule has 0 spiro atoms. The van der Waals surface area contributed by atoms with Gasteiger partial charge in [0.1, 0.15) is 6.04 Å². The quantitative estimate of drug-likeness (QED) is 0.732. The maximum absolute atomic E-state index is 12.0. The van der Waals surface area contributed by atoms with Crippen LogP contribution in [0.2, 0.25) is 5.02 Å². The van der Waals surface area contributed by atoms with Crippen molar-refractivity contribution in [2.45, 2.75) is 26.8 Å². The summed E-state index contributed by atoms with van der Waals surface area (Å²) in [6.07, 6.45) is 0. The zero-order valence-electron chi connectivity index (χ0n) is 12.1. The Morgan fingerprint density at radius 3 is 2.33 bits per heavy atom. The van der Waals surface area contributed by atoms with E-state index in [-0.39, 0.29) is 11.8 Å². The standard InChI is InChI=1S/C14H18ClN3O3/c1-8(2)12(16-9(3)19)14(21)18-17-13(20)10-5-4-6-11(15)7-10/h4-8,12H,1-3H3,(H,16,19)(H,17,20)(H,18,21)/t12-/m0/s1. The Labute approximate surface area is 128 Å². The molecule has 0 saturated heterocycles. The smallest absolute Gasteiger partial charge is 0.269 e. The number of amides is 3. The van der Waals surface area contributed by atoms with E-state index in [0.29, 0.717) is 10.6 Å². The third-order valence-electron chi connectivity index (χ3n) is 2.69. The predicted molar refractivity (Wildman–Crippen MR) is 79.5 cm³/mol. The Morgan fingerprint density at radius 1 is 1.14 bits per heavy atom. The molecule has 21 heavy (non-hydrogen) atoms. The van der Waals surface area contributed by atoms with Crippen LogP contribution in [-0.2, 0) is 9.59 Å².